The molecule has 1 heterocycles. The van der Waals surface area contributed by atoms with Gasteiger partial charge in [-0.05, 0) is 24.3 Å². The van der Waals surface area contributed by atoms with Crippen molar-refractivity contribution in [3.05, 3.63) is 24.3 Å². The van der Waals surface area contributed by atoms with Gasteiger partial charge in [-0.1, -0.05) is 0 Å². The standard InChI is InChI=1S/C15H22N4O3/c1-17-15(21)13-9-18(7-8-19(13)10-14(16)20)11-3-5-12(22-2)6-4-11/h3-6,13H,7-10H2,1-2H3,(H2,16,20)(H,17,21)/t13-/m0/s1. The van der Waals surface area contributed by atoms with Crippen LogP contribution in [0, 0.1) is 0 Å². The number of rotatable bonds is 5. The molecular formula is C15H22N4O3. The Morgan fingerprint density at radius 3 is 2.55 bits per heavy atom. The summed E-state index contributed by atoms with van der Waals surface area (Å²) in [5.74, 6) is 0.255. The summed E-state index contributed by atoms with van der Waals surface area (Å²) in [6.07, 6.45) is 0. The summed E-state index contributed by atoms with van der Waals surface area (Å²) in [5, 5.41) is 2.65. The Bertz CT molecular complexity index is 532. The summed E-state index contributed by atoms with van der Waals surface area (Å²) in [6, 6.07) is 7.31. The third-order valence-corrected chi connectivity index (χ3v) is 3.84. The van der Waals surface area contributed by atoms with Gasteiger partial charge in [-0.3, -0.25) is 14.5 Å². The van der Waals surface area contributed by atoms with Crippen molar-refractivity contribution in [1.29, 1.82) is 0 Å². The van der Waals surface area contributed by atoms with Gasteiger partial charge in [-0.15, -0.1) is 0 Å². The Labute approximate surface area is 130 Å². The fraction of sp³-hybridized carbons (Fsp3) is 0.467. The third kappa shape index (κ3) is 3.67. The fourth-order valence-corrected chi connectivity index (χ4v) is 2.65. The van der Waals surface area contributed by atoms with E-state index in [2.05, 4.69) is 10.2 Å². The molecule has 120 valence electrons. The van der Waals surface area contributed by atoms with E-state index >= 15 is 0 Å². The maximum atomic E-state index is 12.1. The summed E-state index contributed by atoms with van der Waals surface area (Å²) in [6.45, 7) is 1.94. The summed E-state index contributed by atoms with van der Waals surface area (Å²) in [7, 11) is 3.22. The van der Waals surface area contributed by atoms with Crippen molar-refractivity contribution in [2.45, 2.75) is 6.04 Å². The smallest absolute Gasteiger partial charge is 0.238 e. The molecule has 1 aromatic carbocycles. The van der Waals surface area contributed by atoms with Crippen molar-refractivity contribution in [1.82, 2.24) is 10.2 Å². The van der Waals surface area contributed by atoms with Crippen molar-refractivity contribution >= 4 is 17.5 Å². The number of amides is 2. The van der Waals surface area contributed by atoms with E-state index in [1.54, 1.807) is 14.2 Å². The lowest BCUT2D eigenvalue weighted by molar-refractivity contribution is -0.128. The van der Waals surface area contributed by atoms with Crippen LogP contribution < -0.4 is 20.7 Å². The van der Waals surface area contributed by atoms with Gasteiger partial charge < -0.3 is 20.7 Å². The molecule has 0 saturated carbocycles. The molecule has 0 aromatic heterocycles. The molecule has 1 aliphatic heterocycles. The highest BCUT2D eigenvalue weighted by Gasteiger charge is 2.32. The molecule has 0 unspecified atom stereocenters. The van der Waals surface area contributed by atoms with Crippen LogP contribution in [0.2, 0.25) is 0 Å². The highest BCUT2D eigenvalue weighted by molar-refractivity contribution is 5.84. The molecule has 1 aliphatic rings. The number of likely N-dealkylation sites (N-methyl/N-ethyl adjacent to an activating group) is 1. The zero-order valence-electron chi connectivity index (χ0n) is 12.9. The van der Waals surface area contributed by atoms with Crippen molar-refractivity contribution in [3.8, 4) is 5.75 Å². The average Bonchev–Trinajstić information content (AvgIpc) is 2.54. The minimum atomic E-state index is -0.424. The number of nitrogens with zero attached hydrogens (tertiary/aromatic N) is 2. The number of benzene rings is 1. The molecule has 2 amide bonds. The normalized spacial score (nSPS) is 18.8. The summed E-state index contributed by atoms with van der Waals surface area (Å²) >= 11 is 0. The van der Waals surface area contributed by atoms with Gasteiger partial charge in [0.2, 0.25) is 11.8 Å². The maximum absolute atomic E-state index is 12.1. The number of nitrogens with one attached hydrogen (secondary N) is 1. The molecule has 0 spiro atoms. The van der Waals surface area contributed by atoms with E-state index in [1.165, 1.54) is 0 Å². The molecule has 7 heteroatoms. The molecule has 1 aromatic rings. The minimum absolute atomic E-state index is 0.0918. The summed E-state index contributed by atoms with van der Waals surface area (Å²) in [5.41, 5.74) is 6.29. The van der Waals surface area contributed by atoms with Crippen LogP contribution in [0.25, 0.3) is 0 Å². The van der Waals surface area contributed by atoms with E-state index in [0.29, 0.717) is 13.1 Å². The van der Waals surface area contributed by atoms with Gasteiger partial charge in [0.25, 0.3) is 0 Å². The first kappa shape index (κ1) is 16.1. The quantitative estimate of drug-likeness (QED) is 0.760. The number of hydrogen-bond donors (Lipinski definition) is 2. The molecule has 22 heavy (non-hydrogen) atoms. The van der Waals surface area contributed by atoms with Crippen LogP contribution in [-0.2, 0) is 9.59 Å². The van der Waals surface area contributed by atoms with E-state index in [9.17, 15) is 9.59 Å². The van der Waals surface area contributed by atoms with Gasteiger partial charge >= 0.3 is 0 Å². The van der Waals surface area contributed by atoms with E-state index in [-0.39, 0.29) is 12.5 Å². The fourth-order valence-electron chi connectivity index (χ4n) is 2.65. The van der Waals surface area contributed by atoms with Crippen LogP contribution in [0.1, 0.15) is 0 Å². The summed E-state index contributed by atoms with van der Waals surface area (Å²) in [4.78, 5) is 27.2. The number of primary amides is 1. The number of ether oxygens (including phenoxy) is 1. The van der Waals surface area contributed by atoms with Gasteiger partial charge in [0, 0.05) is 32.4 Å². The lowest BCUT2D eigenvalue weighted by Crippen LogP contribution is -2.60. The molecule has 0 aliphatic carbocycles. The highest BCUT2D eigenvalue weighted by atomic mass is 16.5. The molecular weight excluding hydrogens is 284 g/mol. The lowest BCUT2D eigenvalue weighted by atomic mass is 10.1. The average molecular weight is 306 g/mol. The number of hydrogen-bond acceptors (Lipinski definition) is 5. The minimum Gasteiger partial charge on any atom is -0.497 e. The Kier molecular flexibility index (Phi) is 5.21. The second kappa shape index (κ2) is 7.13. The SMILES string of the molecule is CNC(=O)[C@@H]1CN(c2ccc(OC)cc2)CCN1CC(N)=O. The van der Waals surface area contributed by atoms with Crippen molar-refractivity contribution in [2.75, 3.05) is 45.2 Å². The highest BCUT2D eigenvalue weighted by Crippen LogP contribution is 2.22. The summed E-state index contributed by atoms with van der Waals surface area (Å²) < 4.78 is 5.15. The van der Waals surface area contributed by atoms with Gasteiger partial charge in [-0.2, -0.15) is 0 Å². The van der Waals surface area contributed by atoms with E-state index in [1.807, 2.05) is 29.2 Å². The van der Waals surface area contributed by atoms with Crippen molar-refractivity contribution < 1.29 is 14.3 Å². The molecule has 7 nitrogen and oxygen atoms in total. The zero-order chi connectivity index (χ0) is 16.1. The first-order chi connectivity index (χ1) is 10.5. The third-order valence-electron chi connectivity index (χ3n) is 3.84. The maximum Gasteiger partial charge on any atom is 0.238 e. The Hall–Kier alpha value is -2.28. The molecule has 0 bridgehead atoms. The van der Waals surface area contributed by atoms with E-state index in [4.69, 9.17) is 10.5 Å². The number of piperazine rings is 1. The second-order valence-electron chi connectivity index (χ2n) is 5.21. The van der Waals surface area contributed by atoms with Crippen molar-refractivity contribution in [2.24, 2.45) is 5.73 Å². The number of carbonyl (C=O) groups excluding carboxylic acids is 2. The van der Waals surface area contributed by atoms with E-state index in [0.717, 1.165) is 18.0 Å². The zero-order valence-corrected chi connectivity index (χ0v) is 12.9. The molecule has 2 rings (SSSR count). The topological polar surface area (TPSA) is 87.9 Å². The van der Waals surface area contributed by atoms with Gasteiger partial charge in [0.15, 0.2) is 0 Å². The van der Waals surface area contributed by atoms with Crippen LogP contribution in [0.5, 0.6) is 5.75 Å². The predicted octanol–water partition coefficient (Wildman–Crippen LogP) is -0.583. The van der Waals surface area contributed by atoms with Crippen LogP contribution in [0.4, 0.5) is 5.69 Å². The van der Waals surface area contributed by atoms with Crippen LogP contribution in [0.3, 0.4) is 0 Å². The van der Waals surface area contributed by atoms with Gasteiger partial charge in [-0.25, -0.2) is 0 Å². The van der Waals surface area contributed by atoms with Crippen LogP contribution in [0.15, 0.2) is 24.3 Å². The molecule has 3 N–H and O–H groups in total. The van der Waals surface area contributed by atoms with Crippen LogP contribution >= 0.6 is 0 Å². The van der Waals surface area contributed by atoms with Crippen molar-refractivity contribution in [3.63, 3.8) is 0 Å². The monoisotopic (exact) mass is 306 g/mol. The van der Waals surface area contributed by atoms with E-state index < -0.39 is 11.9 Å². The first-order valence-electron chi connectivity index (χ1n) is 7.18. The number of carbonyl (C=O) groups is 2. The molecule has 1 atom stereocenters. The number of methoxy groups -OCH3 is 1. The van der Waals surface area contributed by atoms with Gasteiger partial charge in [0.05, 0.1) is 13.7 Å². The molecule has 1 fully saturated rings. The second-order valence-corrected chi connectivity index (χ2v) is 5.21. The Morgan fingerprint density at radius 2 is 2.00 bits per heavy atom. The largest absolute Gasteiger partial charge is 0.497 e. The molecule has 1 saturated heterocycles. The van der Waals surface area contributed by atoms with Crippen LogP contribution in [-0.4, -0.2) is 63.1 Å². The predicted molar refractivity (Wildman–Crippen MR) is 83.8 cm³/mol. The van der Waals surface area contributed by atoms with Gasteiger partial charge in [0.1, 0.15) is 11.8 Å². The number of anilines is 1. The lowest BCUT2D eigenvalue weighted by Gasteiger charge is -2.40. The molecule has 0 radical (unpaired) electrons. The first-order valence-corrected chi connectivity index (χ1v) is 7.18. The Morgan fingerprint density at radius 1 is 1.32 bits per heavy atom. The number of nitrogens with two attached hydrogens (primary N) is 1. The Balaban J connectivity index is 2.12.